The highest BCUT2D eigenvalue weighted by Gasteiger charge is 2.39. The molecule has 4 nitrogen and oxygen atoms in total. The minimum absolute atomic E-state index is 0.0429. The first kappa shape index (κ1) is 19.9. The summed E-state index contributed by atoms with van der Waals surface area (Å²) in [5.41, 5.74) is 0. The predicted octanol–water partition coefficient (Wildman–Crippen LogP) is 3.83. The lowest BCUT2D eigenvalue weighted by atomic mass is 9.78. The van der Waals surface area contributed by atoms with E-state index in [1.807, 2.05) is 27.7 Å². The van der Waals surface area contributed by atoms with E-state index in [2.05, 4.69) is 13.8 Å². The third-order valence-electron chi connectivity index (χ3n) is 3.43. The molecule has 21 heavy (non-hydrogen) atoms. The molecule has 0 N–H and O–H groups in total. The molecule has 0 spiro atoms. The summed E-state index contributed by atoms with van der Waals surface area (Å²) in [6.45, 7) is 12.9. The van der Waals surface area contributed by atoms with E-state index < -0.39 is 17.9 Å². The third kappa shape index (κ3) is 7.49. The molecule has 0 bridgehead atoms. The van der Waals surface area contributed by atoms with E-state index in [0.717, 1.165) is 19.3 Å². The van der Waals surface area contributed by atoms with E-state index in [4.69, 9.17) is 9.47 Å². The number of carbonyl (C=O) groups excluding carboxylic acids is 2. The molecule has 0 amide bonds. The summed E-state index contributed by atoms with van der Waals surface area (Å²) in [5.74, 6) is -1.07. The van der Waals surface area contributed by atoms with Crippen molar-refractivity contribution < 1.29 is 19.1 Å². The summed E-state index contributed by atoms with van der Waals surface area (Å²) in [5, 5.41) is 0. The van der Waals surface area contributed by atoms with Crippen LogP contribution in [0.5, 0.6) is 0 Å². The molecule has 0 saturated heterocycles. The van der Waals surface area contributed by atoms with E-state index in [1.165, 1.54) is 0 Å². The molecule has 0 rings (SSSR count). The van der Waals surface area contributed by atoms with Gasteiger partial charge in [0.05, 0.1) is 13.2 Å². The van der Waals surface area contributed by atoms with Gasteiger partial charge >= 0.3 is 11.9 Å². The van der Waals surface area contributed by atoms with Crippen LogP contribution in [0.4, 0.5) is 0 Å². The van der Waals surface area contributed by atoms with Crippen LogP contribution in [0.2, 0.25) is 0 Å². The lowest BCUT2D eigenvalue weighted by Gasteiger charge is -2.28. The number of rotatable bonds is 10. The molecule has 0 aliphatic carbocycles. The summed E-state index contributed by atoms with van der Waals surface area (Å²) in [7, 11) is 0. The van der Waals surface area contributed by atoms with Crippen molar-refractivity contribution in [3.05, 3.63) is 0 Å². The first-order valence-corrected chi connectivity index (χ1v) is 8.18. The zero-order valence-corrected chi connectivity index (χ0v) is 14.5. The van der Waals surface area contributed by atoms with Gasteiger partial charge < -0.3 is 9.47 Å². The van der Waals surface area contributed by atoms with Crippen LogP contribution in [0.15, 0.2) is 0 Å². The largest absolute Gasteiger partial charge is 0.465 e. The second-order valence-electron chi connectivity index (χ2n) is 6.35. The minimum Gasteiger partial charge on any atom is -0.465 e. The van der Waals surface area contributed by atoms with Crippen molar-refractivity contribution in [2.24, 2.45) is 23.7 Å². The van der Waals surface area contributed by atoms with Gasteiger partial charge in [-0.15, -0.1) is 0 Å². The average Bonchev–Trinajstić information content (AvgIpc) is 2.41. The number of hydrogen-bond donors (Lipinski definition) is 0. The Kier molecular flexibility index (Phi) is 10.1. The van der Waals surface area contributed by atoms with E-state index in [-0.39, 0.29) is 11.8 Å². The fraction of sp³-hybridized carbons (Fsp3) is 0.882. The molecule has 0 aliphatic rings. The van der Waals surface area contributed by atoms with Gasteiger partial charge in [-0.05, 0) is 37.0 Å². The standard InChI is InChI=1S/C17H32O4/c1-7-9-20-16(18)15(17(19)21-10-8-2)14(13(5)6)11-12(3)4/h12-15H,7-11H2,1-6H3. The fourth-order valence-electron chi connectivity index (χ4n) is 2.37. The van der Waals surface area contributed by atoms with Gasteiger partial charge in [0.1, 0.15) is 0 Å². The Bertz CT molecular complexity index is 290. The summed E-state index contributed by atoms with van der Waals surface area (Å²) < 4.78 is 10.5. The normalized spacial score (nSPS) is 12.8. The number of hydrogen-bond acceptors (Lipinski definition) is 4. The molecule has 0 aromatic heterocycles. The van der Waals surface area contributed by atoms with Gasteiger partial charge in [-0.25, -0.2) is 0 Å². The van der Waals surface area contributed by atoms with Gasteiger partial charge in [0, 0.05) is 0 Å². The Morgan fingerprint density at radius 2 is 1.29 bits per heavy atom. The molecule has 0 aliphatic heterocycles. The minimum atomic E-state index is -0.800. The fourth-order valence-corrected chi connectivity index (χ4v) is 2.37. The molecule has 0 fully saturated rings. The highest BCUT2D eigenvalue weighted by molar-refractivity contribution is 5.95. The van der Waals surface area contributed by atoms with E-state index in [0.29, 0.717) is 19.1 Å². The van der Waals surface area contributed by atoms with Crippen LogP contribution in [-0.2, 0) is 19.1 Å². The summed E-state index contributed by atoms with van der Waals surface area (Å²) in [6.07, 6.45) is 2.31. The highest BCUT2D eigenvalue weighted by atomic mass is 16.6. The molecule has 0 aromatic rings. The molecule has 0 aromatic carbocycles. The Morgan fingerprint density at radius 3 is 1.57 bits per heavy atom. The van der Waals surface area contributed by atoms with Crippen molar-refractivity contribution in [2.75, 3.05) is 13.2 Å². The third-order valence-corrected chi connectivity index (χ3v) is 3.43. The molecular formula is C17H32O4. The van der Waals surface area contributed by atoms with Crippen molar-refractivity contribution in [3.63, 3.8) is 0 Å². The van der Waals surface area contributed by atoms with Crippen LogP contribution >= 0.6 is 0 Å². The first-order valence-electron chi connectivity index (χ1n) is 8.18. The molecule has 0 saturated carbocycles. The lowest BCUT2D eigenvalue weighted by molar-refractivity contribution is -0.166. The van der Waals surface area contributed by atoms with Crippen molar-refractivity contribution in [1.29, 1.82) is 0 Å². The second-order valence-corrected chi connectivity index (χ2v) is 6.35. The van der Waals surface area contributed by atoms with Gasteiger partial charge in [0.2, 0.25) is 0 Å². The molecule has 0 heterocycles. The van der Waals surface area contributed by atoms with Crippen molar-refractivity contribution in [1.82, 2.24) is 0 Å². The quantitative estimate of drug-likeness (QED) is 0.454. The Balaban J connectivity index is 5.13. The molecule has 1 atom stereocenters. The van der Waals surface area contributed by atoms with Crippen LogP contribution in [0.1, 0.15) is 60.8 Å². The van der Waals surface area contributed by atoms with E-state index in [1.54, 1.807) is 0 Å². The zero-order valence-electron chi connectivity index (χ0n) is 14.5. The Morgan fingerprint density at radius 1 is 0.857 bits per heavy atom. The monoisotopic (exact) mass is 300 g/mol. The van der Waals surface area contributed by atoms with Crippen LogP contribution < -0.4 is 0 Å². The molecule has 0 radical (unpaired) electrons. The molecule has 1 unspecified atom stereocenters. The molecule has 124 valence electrons. The SMILES string of the molecule is CCCOC(=O)C(C(=O)OCCC)C(CC(C)C)C(C)C. The van der Waals surface area contributed by atoms with Crippen LogP contribution in [0.25, 0.3) is 0 Å². The van der Waals surface area contributed by atoms with Crippen molar-refractivity contribution in [3.8, 4) is 0 Å². The van der Waals surface area contributed by atoms with Crippen molar-refractivity contribution >= 4 is 11.9 Å². The maximum absolute atomic E-state index is 12.3. The zero-order chi connectivity index (χ0) is 16.4. The average molecular weight is 300 g/mol. The number of carbonyl (C=O) groups is 2. The maximum Gasteiger partial charge on any atom is 0.320 e. The molecular weight excluding hydrogens is 268 g/mol. The lowest BCUT2D eigenvalue weighted by Crippen LogP contribution is -2.37. The topological polar surface area (TPSA) is 52.6 Å². The summed E-state index contributed by atoms with van der Waals surface area (Å²) >= 11 is 0. The maximum atomic E-state index is 12.3. The van der Waals surface area contributed by atoms with E-state index in [9.17, 15) is 9.59 Å². The van der Waals surface area contributed by atoms with Crippen LogP contribution in [0, 0.1) is 23.7 Å². The smallest absolute Gasteiger partial charge is 0.320 e. The van der Waals surface area contributed by atoms with E-state index >= 15 is 0 Å². The highest BCUT2D eigenvalue weighted by Crippen LogP contribution is 2.30. The second kappa shape index (κ2) is 10.6. The van der Waals surface area contributed by atoms with Crippen LogP contribution in [0.3, 0.4) is 0 Å². The first-order chi connectivity index (χ1) is 9.84. The summed E-state index contributed by atoms with van der Waals surface area (Å²) in [4.78, 5) is 24.6. The van der Waals surface area contributed by atoms with Crippen molar-refractivity contribution in [2.45, 2.75) is 60.8 Å². The summed E-state index contributed by atoms with van der Waals surface area (Å²) in [6, 6.07) is 0. The molecule has 4 heteroatoms. The Labute approximate surface area is 129 Å². The van der Waals surface area contributed by atoms with Crippen LogP contribution in [-0.4, -0.2) is 25.2 Å². The van der Waals surface area contributed by atoms with Gasteiger partial charge in [-0.3, -0.25) is 9.59 Å². The van der Waals surface area contributed by atoms with Gasteiger partial charge in [0.15, 0.2) is 5.92 Å². The Hall–Kier alpha value is -1.06. The van der Waals surface area contributed by atoms with Gasteiger partial charge in [-0.2, -0.15) is 0 Å². The van der Waals surface area contributed by atoms with Gasteiger partial charge in [-0.1, -0.05) is 41.5 Å². The number of ether oxygens (including phenoxy) is 2. The predicted molar refractivity (Wildman–Crippen MR) is 83.8 cm³/mol. The van der Waals surface area contributed by atoms with Gasteiger partial charge in [0.25, 0.3) is 0 Å². The number of esters is 2.